The highest BCUT2D eigenvalue weighted by atomic mass is 15.0. The average molecular weight is 234 g/mol. The van der Waals surface area contributed by atoms with Crippen LogP contribution in [0.3, 0.4) is 0 Å². The summed E-state index contributed by atoms with van der Waals surface area (Å²) in [5.41, 5.74) is 3.35. The van der Waals surface area contributed by atoms with Crippen LogP contribution in [-0.4, -0.2) is 19.5 Å². The minimum absolute atomic E-state index is 1.09. The second-order valence-corrected chi connectivity index (χ2v) is 4.22. The number of aromatic nitrogens is 4. The van der Waals surface area contributed by atoms with Gasteiger partial charge in [-0.15, -0.1) is 0 Å². The van der Waals surface area contributed by atoms with Crippen LogP contribution in [0, 0.1) is 0 Å². The van der Waals surface area contributed by atoms with Crippen LogP contribution in [0.5, 0.6) is 0 Å². The van der Waals surface area contributed by atoms with Gasteiger partial charge in [-0.05, 0) is 18.2 Å². The summed E-state index contributed by atoms with van der Waals surface area (Å²) in [6.07, 6.45) is 11.4. The molecule has 0 aliphatic rings. The fourth-order valence-electron chi connectivity index (χ4n) is 2.34. The Morgan fingerprint density at radius 2 is 1.89 bits per heavy atom. The second kappa shape index (κ2) is 3.43. The first-order valence-corrected chi connectivity index (χ1v) is 5.76. The first-order chi connectivity index (χ1) is 8.93. The number of hydrogen-bond acceptors (Lipinski definition) is 2. The maximum absolute atomic E-state index is 4.19. The van der Waals surface area contributed by atoms with Crippen LogP contribution in [0.15, 0.2) is 55.4 Å². The van der Waals surface area contributed by atoms with E-state index in [1.165, 1.54) is 0 Å². The minimum atomic E-state index is 1.09. The van der Waals surface area contributed by atoms with E-state index in [1.807, 2.05) is 36.9 Å². The second-order valence-electron chi connectivity index (χ2n) is 4.22. The average Bonchev–Trinajstić information content (AvgIpc) is 3.01. The summed E-state index contributed by atoms with van der Waals surface area (Å²) in [4.78, 5) is 11.6. The lowest BCUT2D eigenvalue weighted by atomic mass is 10.3. The van der Waals surface area contributed by atoms with Crippen molar-refractivity contribution in [2.75, 3.05) is 0 Å². The monoisotopic (exact) mass is 234 g/mol. The summed E-state index contributed by atoms with van der Waals surface area (Å²) in [6.45, 7) is 0. The molecule has 0 saturated carbocycles. The van der Waals surface area contributed by atoms with Gasteiger partial charge in [0.05, 0.1) is 16.7 Å². The molecule has 4 nitrogen and oxygen atoms in total. The van der Waals surface area contributed by atoms with E-state index < -0.39 is 0 Å². The molecule has 0 aliphatic heterocycles. The molecule has 4 aromatic rings. The normalized spacial score (nSPS) is 11.3. The quantitative estimate of drug-likeness (QED) is 0.550. The Balaban J connectivity index is 2.08. The number of nitrogens with zero attached hydrogens (tertiary/aromatic N) is 3. The number of hydrogen-bond donors (Lipinski definition) is 1. The van der Waals surface area contributed by atoms with Crippen molar-refractivity contribution >= 4 is 21.8 Å². The van der Waals surface area contributed by atoms with Gasteiger partial charge in [-0.2, -0.15) is 0 Å². The topological polar surface area (TPSA) is 46.5 Å². The van der Waals surface area contributed by atoms with Gasteiger partial charge in [0.25, 0.3) is 0 Å². The van der Waals surface area contributed by atoms with E-state index in [0.29, 0.717) is 0 Å². The summed E-state index contributed by atoms with van der Waals surface area (Å²) in [5.74, 6) is 0. The predicted octanol–water partition coefficient (Wildman–Crippen LogP) is 2.90. The van der Waals surface area contributed by atoms with E-state index in [4.69, 9.17) is 0 Å². The van der Waals surface area contributed by atoms with Gasteiger partial charge in [0.15, 0.2) is 0 Å². The molecule has 0 saturated heterocycles. The maximum atomic E-state index is 4.19. The Morgan fingerprint density at radius 1 is 1.00 bits per heavy atom. The smallest absolute Gasteiger partial charge is 0.0725 e. The van der Waals surface area contributed by atoms with Crippen LogP contribution in [0.25, 0.3) is 27.5 Å². The highest BCUT2D eigenvalue weighted by Crippen LogP contribution is 2.25. The molecule has 4 heterocycles. The zero-order valence-electron chi connectivity index (χ0n) is 9.54. The zero-order valence-corrected chi connectivity index (χ0v) is 9.54. The molecule has 4 aromatic heterocycles. The number of aromatic amines is 1. The third kappa shape index (κ3) is 1.20. The van der Waals surface area contributed by atoms with Gasteiger partial charge in [-0.1, -0.05) is 0 Å². The van der Waals surface area contributed by atoms with Crippen molar-refractivity contribution in [2.45, 2.75) is 0 Å². The van der Waals surface area contributed by atoms with Crippen molar-refractivity contribution in [2.24, 2.45) is 0 Å². The predicted molar refractivity (Wildman–Crippen MR) is 70.7 cm³/mol. The molecular weight excluding hydrogens is 224 g/mol. The SMILES string of the molecule is c1cc2c(ccn2-c2c[nH]c3ccncc23)cn1. The summed E-state index contributed by atoms with van der Waals surface area (Å²) in [6, 6.07) is 6.06. The molecule has 86 valence electrons. The Morgan fingerprint density at radius 3 is 2.89 bits per heavy atom. The van der Waals surface area contributed by atoms with Crippen molar-refractivity contribution in [3.63, 3.8) is 0 Å². The Bertz CT molecular complexity index is 769. The van der Waals surface area contributed by atoms with E-state index in [1.54, 1.807) is 6.20 Å². The summed E-state index contributed by atoms with van der Waals surface area (Å²) >= 11 is 0. The van der Waals surface area contributed by atoms with Gasteiger partial charge in [-0.25, -0.2) is 0 Å². The van der Waals surface area contributed by atoms with Crippen molar-refractivity contribution in [3.8, 4) is 5.69 Å². The van der Waals surface area contributed by atoms with E-state index >= 15 is 0 Å². The molecule has 0 atom stereocenters. The van der Waals surface area contributed by atoms with Crippen molar-refractivity contribution in [1.29, 1.82) is 0 Å². The van der Waals surface area contributed by atoms with Gasteiger partial charge in [0.1, 0.15) is 0 Å². The van der Waals surface area contributed by atoms with Crippen LogP contribution >= 0.6 is 0 Å². The number of rotatable bonds is 1. The summed E-state index contributed by atoms with van der Waals surface area (Å²) in [5, 5.41) is 2.25. The Hall–Kier alpha value is -2.62. The first-order valence-electron chi connectivity index (χ1n) is 5.76. The van der Waals surface area contributed by atoms with E-state index in [2.05, 4.69) is 31.8 Å². The zero-order chi connectivity index (χ0) is 11.9. The lowest BCUT2D eigenvalue weighted by molar-refractivity contribution is 1.13. The summed E-state index contributed by atoms with van der Waals surface area (Å²) in [7, 11) is 0. The largest absolute Gasteiger partial charge is 0.359 e. The molecule has 1 N–H and O–H groups in total. The van der Waals surface area contributed by atoms with Crippen molar-refractivity contribution in [1.82, 2.24) is 19.5 Å². The van der Waals surface area contributed by atoms with Crippen LogP contribution < -0.4 is 0 Å². The van der Waals surface area contributed by atoms with Gasteiger partial charge < -0.3 is 9.55 Å². The molecule has 0 aromatic carbocycles. The van der Waals surface area contributed by atoms with Gasteiger partial charge in [-0.3, -0.25) is 9.97 Å². The fraction of sp³-hybridized carbons (Fsp3) is 0. The van der Waals surface area contributed by atoms with Gasteiger partial charge >= 0.3 is 0 Å². The molecule has 4 heteroatoms. The van der Waals surface area contributed by atoms with Crippen molar-refractivity contribution in [3.05, 3.63) is 55.4 Å². The molecule has 0 radical (unpaired) electrons. The number of H-pyrrole nitrogens is 1. The molecule has 0 amide bonds. The molecular formula is C14H10N4. The van der Waals surface area contributed by atoms with Crippen LogP contribution in [0.2, 0.25) is 0 Å². The highest BCUT2D eigenvalue weighted by molar-refractivity contribution is 5.90. The number of fused-ring (bicyclic) bond motifs is 2. The lowest BCUT2D eigenvalue weighted by Crippen LogP contribution is -1.90. The molecule has 4 rings (SSSR count). The van der Waals surface area contributed by atoms with Crippen molar-refractivity contribution < 1.29 is 0 Å². The fourth-order valence-corrected chi connectivity index (χ4v) is 2.34. The lowest BCUT2D eigenvalue weighted by Gasteiger charge is -2.02. The summed E-state index contributed by atoms with van der Waals surface area (Å²) < 4.78 is 2.15. The van der Waals surface area contributed by atoms with Gasteiger partial charge in [0.2, 0.25) is 0 Å². The molecule has 0 aliphatic carbocycles. The van der Waals surface area contributed by atoms with Crippen LogP contribution in [-0.2, 0) is 0 Å². The molecule has 0 spiro atoms. The van der Waals surface area contributed by atoms with Crippen LogP contribution in [0.1, 0.15) is 0 Å². The van der Waals surface area contributed by atoms with Gasteiger partial charge in [0, 0.05) is 48.0 Å². The Kier molecular flexibility index (Phi) is 1.80. The molecule has 0 fully saturated rings. The third-order valence-corrected chi connectivity index (χ3v) is 3.21. The first kappa shape index (κ1) is 9.41. The van der Waals surface area contributed by atoms with Crippen LogP contribution in [0.4, 0.5) is 0 Å². The molecule has 18 heavy (non-hydrogen) atoms. The van der Waals surface area contributed by atoms with E-state index in [9.17, 15) is 0 Å². The highest BCUT2D eigenvalue weighted by Gasteiger charge is 2.08. The third-order valence-electron chi connectivity index (χ3n) is 3.21. The maximum Gasteiger partial charge on any atom is 0.0725 e. The number of pyridine rings is 2. The molecule has 0 bridgehead atoms. The Labute approximate surface area is 103 Å². The van der Waals surface area contributed by atoms with E-state index in [-0.39, 0.29) is 0 Å². The van der Waals surface area contributed by atoms with E-state index in [0.717, 1.165) is 27.5 Å². The standard InChI is InChI=1S/C14H10N4/c1-4-16-8-11-12(1)17-9-14(11)18-6-3-10-7-15-5-2-13(10)18/h1-9,17H. The molecule has 0 unspecified atom stereocenters. The number of nitrogens with one attached hydrogen (secondary N) is 1. The minimum Gasteiger partial charge on any atom is -0.359 e.